The van der Waals surface area contributed by atoms with Crippen LogP contribution >= 0.6 is 23.2 Å². The highest BCUT2D eigenvalue weighted by Crippen LogP contribution is 2.49. The number of hydrogen-bond donors (Lipinski definition) is 0. The Bertz CT molecular complexity index is 1130. The van der Waals surface area contributed by atoms with Crippen LogP contribution in [0, 0.1) is 0 Å². The summed E-state index contributed by atoms with van der Waals surface area (Å²) in [5, 5.41) is 7.89. The average molecular weight is 454 g/mol. The number of halogens is 5. The number of benzene rings is 2. The molecule has 0 fully saturated rings. The molecule has 0 radical (unpaired) electrons. The van der Waals surface area contributed by atoms with Crippen molar-refractivity contribution in [1.82, 2.24) is 14.8 Å². The summed E-state index contributed by atoms with van der Waals surface area (Å²) >= 11 is 11.8. The zero-order valence-corrected chi connectivity index (χ0v) is 16.6. The van der Waals surface area contributed by atoms with Gasteiger partial charge >= 0.3 is 6.18 Å². The Labute approximate surface area is 178 Å². The summed E-state index contributed by atoms with van der Waals surface area (Å²) in [5.41, 5.74) is -1.47. The van der Waals surface area contributed by atoms with Crippen LogP contribution in [-0.2, 0) is 10.4 Å². The molecule has 0 amide bonds. The van der Waals surface area contributed by atoms with Crippen molar-refractivity contribution in [1.29, 1.82) is 0 Å². The molecule has 154 valence electrons. The molecule has 1 unspecified atom stereocenters. The van der Waals surface area contributed by atoms with Crippen molar-refractivity contribution in [2.24, 2.45) is 10.1 Å². The van der Waals surface area contributed by atoms with Gasteiger partial charge in [-0.15, -0.1) is 0 Å². The van der Waals surface area contributed by atoms with Crippen LogP contribution in [0.1, 0.15) is 17.5 Å². The number of alkyl halides is 3. The third kappa shape index (κ3) is 3.44. The molecule has 0 bridgehead atoms. The Hall–Kier alpha value is -2.91. The van der Waals surface area contributed by atoms with Crippen molar-refractivity contribution in [2.45, 2.75) is 18.2 Å². The Morgan fingerprint density at radius 3 is 2.47 bits per heavy atom. The lowest BCUT2D eigenvalue weighted by Crippen LogP contribution is -2.42. The fraction of sp³-hybridized carbons (Fsp3) is 0.158. The van der Waals surface area contributed by atoms with Gasteiger partial charge in [0.2, 0.25) is 0 Å². The van der Waals surface area contributed by atoms with E-state index in [-0.39, 0.29) is 21.3 Å². The number of hydrogen-bond acceptors (Lipinski definition) is 5. The van der Waals surface area contributed by atoms with Crippen LogP contribution in [0.4, 0.5) is 18.9 Å². The van der Waals surface area contributed by atoms with Crippen LogP contribution in [0.15, 0.2) is 59.2 Å². The van der Waals surface area contributed by atoms with Gasteiger partial charge in [-0.3, -0.25) is 4.99 Å². The first kappa shape index (κ1) is 20.4. The molecule has 11 heteroatoms. The molecule has 2 aromatic carbocycles. The molecule has 6 nitrogen and oxygen atoms in total. The Morgan fingerprint density at radius 1 is 1.13 bits per heavy atom. The lowest BCUT2D eigenvalue weighted by atomic mass is 9.86. The Balaban J connectivity index is 1.73. The standard InChI is InChI=1S/C19H12Cl2F3N5O/c1-25-15-4-11(2-3-17(15)29-10-26-9-27-29)16-8-18(30-28-16,19(22,23)24)12-5-13(20)7-14(21)6-12/h2-7,9-10H,1,8H2. The van der Waals surface area contributed by atoms with E-state index in [1.54, 1.807) is 18.2 Å². The van der Waals surface area contributed by atoms with Gasteiger partial charge in [-0.2, -0.15) is 18.3 Å². The van der Waals surface area contributed by atoms with Crippen LogP contribution in [-0.4, -0.2) is 33.4 Å². The van der Waals surface area contributed by atoms with Crippen molar-refractivity contribution in [3.63, 3.8) is 0 Å². The van der Waals surface area contributed by atoms with Gasteiger partial charge in [0.15, 0.2) is 0 Å². The van der Waals surface area contributed by atoms with Crippen molar-refractivity contribution >= 4 is 41.3 Å². The fourth-order valence-electron chi connectivity index (χ4n) is 3.20. The molecule has 3 aromatic rings. The molecule has 1 aromatic heterocycles. The van der Waals surface area contributed by atoms with Gasteiger partial charge < -0.3 is 4.84 Å². The fourth-order valence-corrected chi connectivity index (χ4v) is 3.73. The first-order valence-electron chi connectivity index (χ1n) is 8.48. The largest absolute Gasteiger partial charge is 0.435 e. The monoisotopic (exact) mass is 453 g/mol. The van der Waals surface area contributed by atoms with Crippen LogP contribution in [0.25, 0.3) is 5.69 Å². The van der Waals surface area contributed by atoms with Gasteiger partial charge in [0.1, 0.15) is 12.7 Å². The number of nitrogens with zero attached hydrogens (tertiary/aromatic N) is 5. The zero-order chi connectivity index (χ0) is 21.5. The van der Waals surface area contributed by atoms with E-state index in [9.17, 15) is 13.2 Å². The molecule has 0 N–H and O–H groups in total. The third-order valence-corrected chi connectivity index (χ3v) is 5.10. The highest BCUT2D eigenvalue weighted by atomic mass is 35.5. The second-order valence-electron chi connectivity index (χ2n) is 6.49. The smallest absolute Gasteiger partial charge is 0.374 e. The van der Waals surface area contributed by atoms with Crippen molar-refractivity contribution in [3.8, 4) is 5.69 Å². The minimum atomic E-state index is -4.77. The average Bonchev–Trinajstić information content (AvgIpc) is 3.37. The molecule has 0 aliphatic carbocycles. The van der Waals surface area contributed by atoms with Crippen molar-refractivity contribution < 1.29 is 18.0 Å². The summed E-state index contributed by atoms with van der Waals surface area (Å²) in [5.74, 6) is 0. The van der Waals surface area contributed by atoms with E-state index in [0.717, 1.165) is 0 Å². The quantitative estimate of drug-likeness (QED) is 0.490. The van der Waals surface area contributed by atoms with E-state index in [1.807, 2.05) is 0 Å². The number of aromatic nitrogens is 3. The van der Waals surface area contributed by atoms with Crippen LogP contribution in [0.3, 0.4) is 0 Å². The minimum absolute atomic E-state index is 0.0634. The van der Waals surface area contributed by atoms with Gasteiger partial charge in [-0.1, -0.05) is 34.4 Å². The van der Waals surface area contributed by atoms with Gasteiger partial charge in [0.05, 0.1) is 17.1 Å². The van der Waals surface area contributed by atoms with E-state index >= 15 is 0 Å². The Kier molecular flexibility index (Phi) is 5.03. The van der Waals surface area contributed by atoms with Gasteiger partial charge in [-0.05, 0) is 37.0 Å². The van der Waals surface area contributed by atoms with Crippen LogP contribution < -0.4 is 0 Å². The van der Waals surface area contributed by atoms with Crippen molar-refractivity contribution in [3.05, 3.63) is 70.2 Å². The number of aliphatic imine (C=N–C) groups is 1. The maximum atomic E-state index is 14.1. The molecule has 4 rings (SSSR count). The maximum absolute atomic E-state index is 14.1. The SMILES string of the molecule is C=Nc1cc(C2=NOC(c3cc(Cl)cc(Cl)c3)(C(F)(F)F)C2)ccc1-n1cncn1. The normalized spacial score (nSPS) is 18.8. The predicted octanol–water partition coefficient (Wildman–Crippen LogP) is 5.49. The summed E-state index contributed by atoms with van der Waals surface area (Å²) in [6.07, 6.45) is -2.51. The highest BCUT2D eigenvalue weighted by Gasteiger charge is 2.62. The molecule has 0 spiro atoms. The van der Waals surface area contributed by atoms with E-state index < -0.39 is 18.2 Å². The molecule has 1 aliphatic rings. The molecule has 0 saturated carbocycles. The number of oxime groups is 1. The van der Waals surface area contributed by atoms with Crippen LogP contribution in [0.5, 0.6) is 0 Å². The zero-order valence-electron chi connectivity index (χ0n) is 15.1. The molecule has 1 aliphatic heterocycles. The number of rotatable bonds is 4. The Morgan fingerprint density at radius 2 is 1.87 bits per heavy atom. The van der Waals surface area contributed by atoms with Crippen LogP contribution in [0.2, 0.25) is 10.0 Å². The highest BCUT2D eigenvalue weighted by molar-refractivity contribution is 6.34. The van der Waals surface area contributed by atoms with E-state index in [4.69, 9.17) is 28.0 Å². The molecular formula is C19H12Cl2F3N5O. The summed E-state index contributed by atoms with van der Waals surface area (Å²) in [4.78, 5) is 12.8. The van der Waals surface area contributed by atoms with E-state index in [0.29, 0.717) is 16.9 Å². The maximum Gasteiger partial charge on any atom is 0.435 e. The lowest BCUT2D eigenvalue weighted by molar-refractivity contribution is -0.275. The van der Waals surface area contributed by atoms with Crippen molar-refractivity contribution in [2.75, 3.05) is 0 Å². The molecule has 1 atom stereocenters. The summed E-state index contributed by atoms with van der Waals surface area (Å²) in [6, 6.07) is 8.49. The predicted molar refractivity (Wildman–Crippen MR) is 107 cm³/mol. The second kappa shape index (κ2) is 7.41. The second-order valence-corrected chi connectivity index (χ2v) is 7.36. The first-order valence-corrected chi connectivity index (χ1v) is 9.23. The molecule has 0 saturated heterocycles. The topological polar surface area (TPSA) is 64.7 Å². The van der Waals surface area contributed by atoms with Gasteiger partial charge in [0, 0.05) is 27.6 Å². The molecule has 2 heterocycles. The summed E-state index contributed by atoms with van der Waals surface area (Å²) in [6.45, 7) is 3.51. The van der Waals surface area contributed by atoms with Gasteiger partial charge in [-0.25, -0.2) is 9.67 Å². The lowest BCUT2D eigenvalue weighted by Gasteiger charge is -2.29. The summed E-state index contributed by atoms with van der Waals surface area (Å²) < 4.78 is 43.8. The third-order valence-electron chi connectivity index (χ3n) is 4.66. The minimum Gasteiger partial charge on any atom is -0.374 e. The molecular weight excluding hydrogens is 442 g/mol. The van der Waals surface area contributed by atoms with E-state index in [1.165, 1.54) is 35.5 Å². The van der Waals surface area contributed by atoms with Gasteiger partial charge in [0.25, 0.3) is 5.60 Å². The first-order chi connectivity index (χ1) is 14.2. The molecule has 30 heavy (non-hydrogen) atoms. The van der Waals surface area contributed by atoms with E-state index in [2.05, 4.69) is 26.9 Å². The summed E-state index contributed by atoms with van der Waals surface area (Å²) in [7, 11) is 0.